The summed E-state index contributed by atoms with van der Waals surface area (Å²) in [5.74, 6) is -0.474. The van der Waals surface area contributed by atoms with Crippen molar-refractivity contribution in [3.8, 4) is 0 Å². The summed E-state index contributed by atoms with van der Waals surface area (Å²) >= 11 is 0. The van der Waals surface area contributed by atoms with Crippen LogP contribution in [0.15, 0.2) is 18.2 Å². The first-order valence-electron chi connectivity index (χ1n) is 4.89. The third kappa shape index (κ3) is 2.63. The molecule has 1 rings (SSSR count). The summed E-state index contributed by atoms with van der Waals surface area (Å²) in [6.45, 7) is 5.58. The highest BCUT2D eigenvalue weighted by molar-refractivity contribution is 5.99. The smallest absolute Gasteiger partial charge is 0.168 e. The molecule has 0 spiro atoms. The summed E-state index contributed by atoms with van der Waals surface area (Å²) in [5, 5.41) is 0. The highest BCUT2D eigenvalue weighted by Gasteiger charge is 2.23. The fourth-order valence-corrected chi connectivity index (χ4v) is 1.29. The molecule has 0 atom stereocenters. The van der Waals surface area contributed by atoms with Gasteiger partial charge >= 0.3 is 0 Å². The van der Waals surface area contributed by atoms with Gasteiger partial charge in [-0.15, -0.1) is 0 Å². The molecule has 0 saturated heterocycles. The third-order valence-corrected chi connectivity index (χ3v) is 2.22. The van der Waals surface area contributed by atoms with Crippen LogP contribution >= 0.6 is 0 Å². The Kier molecular flexibility index (Phi) is 3.25. The fraction of sp³-hybridized carbons (Fsp3) is 0.417. The number of nitrogens with two attached hydrogens (primary N) is 1. The predicted molar refractivity (Wildman–Crippen MR) is 58.1 cm³/mol. The topological polar surface area (TPSA) is 43.1 Å². The molecule has 15 heavy (non-hydrogen) atoms. The maximum absolute atomic E-state index is 13.4. The molecule has 0 fully saturated rings. The number of halogens is 1. The van der Waals surface area contributed by atoms with Gasteiger partial charge in [-0.05, 0) is 6.07 Å². The van der Waals surface area contributed by atoms with Crippen LogP contribution < -0.4 is 5.73 Å². The molecule has 0 bridgehead atoms. The van der Waals surface area contributed by atoms with Gasteiger partial charge < -0.3 is 5.73 Å². The van der Waals surface area contributed by atoms with Crippen molar-refractivity contribution in [3.05, 3.63) is 35.1 Å². The standard InChI is InChI=1S/C12H16FNO/c1-12(2,3)11(15)8-4-5-9(7-14)10(13)6-8/h4-6H,7,14H2,1-3H3. The Morgan fingerprint density at radius 1 is 1.40 bits per heavy atom. The second kappa shape index (κ2) is 4.11. The van der Waals surface area contributed by atoms with E-state index in [1.807, 2.05) is 20.8 Å². The van der Waals surface area contributed by atoms with Crippen LogP contribution in [0.25, 0.3) is 0 Å². The number of hydrogen-bond acceptors (Lipinski definition) is 2. The molecule has 0 saturated carbocycles. The Balaban J connectivity index is 3.08. The largest absolute Gasteiger partial charge is 0.326 e. The summed E-state index contributed by atoms with van der Waals surface area (Å²) in [7, 11) is 0. The van der Waals surface area contributed by atoms with Crippen molar-refractivity contribution in [3.63, 3.8) is 0 Å². The van der Waals surface area contributed by atoms with Gasteiger partial charge in [-0.2, -0.15) is 0 Å². The van der Waals surface area contributed by atoms with Gasteiger partial charge in [0.2, 0.25) is 0 Å². The second-order valence-corrected chi connectivity index (χ2v) is 4.59. The molecular formula is C12H16FNO. The van der Waals surface area contributed by atoms with Gasteiger partial charge in [-0.25, -0.2) is 4.39 Å². The quantitative estimate of drug-likeness (QED) is 0.760. The Labute approximate surface area is 89.3 Å². The van der Waals surface area contributed by atoms with Crippen LogP contribution in [0.1, 0.15) is 36.7 Å². The van der Waals surface area contributed by atoms with E-state index in [-0.39, 0.29) is 12.3 Å². The molecule has 1 aromatic rings. The van der Waals surface area contributed by atoms with Crippen LogP contribution in [0.2, 0.25) is 0 Å². The lowest BCUT2D eigenvalue weighted by Crippen LogP contribution is -2.20. The van der Waals surface area contributed by atoms with Crippen molar-refractivity contribution < 1.29 is 9.18 Å². The molecule has 2 nitrogen and oxygen atoms in total. The maximum atomic E-state index is 13.4. The van der Waals surface area contributed by atoms with Gasteiger partial charge in [-0.3, -0.25) is 4.79 Å². The highest BCUT2D eigenvalue weighted by atomic mass is 19.1. The maximum Gasteiger partial charge on any atom is 0.168 e. The Bertz CT molecular complexity index is 380. The Hall–Kier alpha value is -1.22. The fourth-order valence-electron chi connectivity index (χ4n) is 1.29. The molecule has 0 amide bonds. The summed E-state index contributed by atoms with van der Waals surface area (Å²) in [5.41, 5.74) is 5.68. The number of ketones is 1. The number of benzene rings is 1. The summed E-state index contributed by atoms with van der Waals surface area (Å²) in [6, 6.07) is 4.45. The number of Topliss-reactive ketones (excluding diaryl/α,β-unsaturated/α-hetero) is 1. The molecule has 0 aliphatic heterocycles. The van der Waals surface area contributed by atoms with Gasteiger partial charge in [-0.1, -0.05) is 32.9 Å². The zero-order chi connectivity index (χ0) is 11.6. The van der Waals surface area contributed by atoms with Crippen molar-refractivity contribution in [2.45, 2.75) is 27.3 Å². The average molecular weight is 209 g/mol. The summed E-state index contributed by atoms with van der Waals surface area (Å²) in [6.07, 6.45) is 0. The third-order valence-electron chi connectivity index (χ3n) is 2.22. The molecule has 3 heteroatoms. The average Bonchev–Trinajstić information content (AvgIpc) is 2.15. The molecule has 0 aliphatic rings. The molecule has 0 aromatic heterocycles. The minimum absolute atomic E-state index is 0.0648. The van der Waals surface area contributed by atoms with Crippen LogP contribution in [0.3, 0.4) is 0 Å². The van der Waals surface area contributed by atoms with Crippen LogP contribution in [0, 0.1) is 11.2 Å². The summed E-state index contributed by atoms with van der Waals surface area (Å²) < 4.78 is 13.4. The minimum Gasteiger partial charge on any atom is -0.326 e. The number of carbonyl (C=O) groups is 1. The first kappa shape index (κ1) is 11.9. The Morgan fingerprint density at radius 2 is 2.00 bits per heavy atom. The molecule has 2 N–H and O–H groups in total. The van der Waals surface area contributed by atoms with Crippen molar-refractivity contribution in [2.75, 3.05) is 0 Å². The van der Waals surface area contributed by atoms with E-state index in [4.69, 9.17) is 5.73 Å². The monoisotopic (exact) mass is 209 g/mol. The molecule has 0 radical (unpaired) electrons. The number of hydrogen-bond donors (Lipinski definition) is 1. The lowest BCUT2D eigenvalue weighted by molar-refractivity contribution is 0.0858. The van der Waals surface area contributed by atoms with Crippen LogP contribution in [-0.4, -0.2) is 5.78 Å². The second-order valence-electron chi connectivity index (χ2n) is 4.59. The van der Waals surface area contributed by atoms with E-state index in [2.05, 4.69) is 0 Å². The first-order valence-corrected chi connectivity index (χ1v) is 4.89. The molecule has 1 aromatic carbocycles. The number of carbonyl (C=O) groups excluding carboxylic acids is 1. The van der Waals surface area contributed by atoms with E-state index >= 15 is 0 Å². The van der Waals surface area contributed by atoms with Gasteiger partial charge in [0.15, 0.2) is 5.78 Å². The van der Waals surface area contributed by atoms with Crippen molar-refractivity contribution in [1.82, 2.24) is 0 Å². The van der Waals surface area contributed by atoms with E-state index in [1.54, 1.807) is 12.1 Å². The van der Waals surface area contributed by atoms with E-state index < -0.39 is 11.2 Å². The van der Waals surface area contributed by atoms with E-state index in [1.165, 1.54) is 6.07 Å². The van der Waals surface area contributed by atoms with Crippen molar-refractivity contribution in [1.29, 1.82) is 0 Å². The van der Waals surface area contributed by atoms with E-state index in [0.717, 1.165) is 0 Å². The number of rotatable bonds is 2. The van der Waals surface area contributed by atoms with Crippen LogP contribution in [-0.2, 0) is 6.54 Å². The van der Waals surface area contributed by atoms with Gasteiger partial charge in [0.05, 0.1) is 0 Å². The first-order chi connectivity index (χ1) is 6.86. The van der Waals surface area contributed by atoms with Gasteiger partial charge in [0, 0.05) is 23.1 Å². The van der Waals surface area contributed by atoms with Gasteiger partial charge in [0.25, 0.3) is 0 Å². The van der Waals surface area contributed by atoms with E-state index in [9.17, 15) is 9.18 Å². The lowest BCUT2D eigenvalue weighted by atomic mass is 9.86. The summed E-state index contributed by atoms with van der Waals surface area (Å²) in [4.78, 5) is 11.8. The van der Waals surface area contributed by atoms with Crippen molar-refractivity contribution >= 4 is 5.78 Å². The molecule has 82 valence electrons. The SMILES string of the molecule is CC(C)(C)C(=O)c1ccc(CN)c(F)c1. The molecule has 0 aliphatic carbocycles. The lowest BCUT2D eigenvalue weighted by Gasteiger charge is -2.16. The Morgan fingerprint density at radius 3 is 2.40 bits per heavy atom. The van der Waals surface area contributed by atoms with Crippen LogP contribution in [0.5, 0.6) is 0 Å². The molecule has 0 unspecified atom stereocenters. The highest BCUT2D eigenvalue weighted by Crippen LogP contribution is 2.22. The van der Waals surface area contributed by atoms with Crippen molar-refractivity contribution in [2.24, 2.45) is 11.1 Å². The normalized spacial score (nSPS) is 11.5. The van der Waals surface area contributed by atoms with Gasteiger partial charge in [0.1, 0.15) is 5.82 Å². The predicted octanol–water partition coefficient (Wildman–Crippen LogP) is 2.51. The minimum atomic E-state index is -0.489. The zero-order valence-electron chi connectivity index (χ0n) is 9.30. The van der Waals surface area contributed by atoms with Crippen LogP contribution in [0.4, 0.5) is 4.39 Å². The zero-order valence-corrected chi connectivity index (χ0v) is 9.30. The van der Waals surface area contributed by atoms with E-state index in [0.29, 0.717) is 11.1 Å². The molecular weight excluding hydrogens is 193 g/mol. The molecule has 0 heterocycles.